The zero-order valence-corrected chi connectivity index (χ0v) is 17.3. The smallest absolute Gasteiger partial charge is 0.278 e. The van der Waals surface area contributed by atoms with E-state index in [2.05, 4.69) is 22.3 Å². The highest BCUT2D eigenvalue weighted by atomic mass is 16.2. The second kappa shape index (κ2) is 7.74. The Morgan fingerprint density at radius 1 is 0.897 bits per heavy atom. The van der Waals surface area contributed by atoms with Gasteiger partial charge in [0.05, 0.1) is 5.57 Å². The average Bonchev–Trinajstić information content (AvgIpc) is 3.32. The second-order valence-corrected chi connectivity index (χ2v) is 7.77. The van der Waals surface area contributed by atoms with E-state index in [0.29, 0.717) is 17.8 Å². The van der Waals surface area contributed by atoms with E-state index in [-0.39, 0.29) is 11.8 Å². The summed E-state index contributed by atoms with van der Waals surface area (Å²) in [5.41, 5.74) is 5.84. The molecular weight excluding hydrogens is 362 g/mol. The van der Waals surface area contributed by atoms with E-state index in [9.17, 15) is 9.59 Å². The molecule has 0 radical (unpaired) electrons. The van der Waals surface area contributed by atoms with Crippen LogP contribution in [0.25, 0.3) is 5.57 Å². The highest BCUT2D eigenvalue weighted by molar-refractivity contribution is 6.36. The lowest BCUT2D eigenvalue weighted by atomic mass is 9.99. The predicted molar refractivity (Wildman–Crippen MR) is 117 cm³/mol. The van der Waals surface area contributed by atoms with Crippen LogP contribution in [-0.4, -0.2) is 36.3 Å². The lowest BCUT2D eigenvalue weighted by Gasteiger charge is -2.18. The maximum Gasteiger partial charge on any atom is 0.278 e. The van der Waals surface area contributed by atoms with Gasteiger partial charge in [0.25, 0.3) is 11.8 Å². The number of amides is 2. The normalized spacial score (nSPS) is 16.9. The fourth-order valence-corrected chi connectivity index (χ4v) is 4.02. The standard InChI is InChI=1S/C24H27N3O2/c1-4-27-23(28)21(18-8-7-16(2)17(3)15-18)22(24(27)29)25-19-9-11-20(12-10-19)26-13-5-6-14-26/h7-12,15,25H,4-6,13-14H2,1-3H3. The molecular formula is C24H27N3O2. The van der Waals surface area contributed by atoms with E-state index in [1.807, 2.05) is 51.1 Å². The summed E-state index contributed by atoms with van der Waals surface area (Å²) in [6.45, 7) is 8.41. The third-order valence-electron chi connectivity index (χ3n) is 5.89. The molecule has 0 saturated carbocycles. The molecule has 0 unspecified atom stereocenters. The van der Waals surface area contributed by atoms with E-state index in [0.717, 1.165) is 35.5 Å². The quantitative estimate of drug-likeness (QED) is 0.782. The van der Waals surface area contributed by atoms with Gasteiger partial charge in [0.1, 0.15) is 5.70 Å². The van der Waals surface area contributed by atoms with E-state index < -0.39 is 0 Å². The Hall–Kier alpha value is -3.08. The first-order valence-electron chi connectivity index (χ1n) is 10.3. The number of benzene rings is 2. The van der Waals surface area contributed by atoms with Crippen LogP contribution < -0.4 is 10.2 Å². The summed E-state index contributed by atoms with van der Waals surface area (Å²) in [7, 11) is 0. The van der Waals surface area contributed by atoms with E-state index in [1.54, 1.807) is 0 Å². The van der Waals surface area contributed by atoms with Gasteiger partial charge in [-0.2, -0.15) is 0 Å². The van der Waals surface area contributed by atoms with Crippen LogP contribution in [0.2, 0.25) is 0 Å². The molecule has 2 aromatic carbocycles. The van der Waals surface area contributed by atoms with Crippen molar-refractivity contribution >= 4 is 28.8 Å². The van der Waals surface area contributed by atoms with Crippen molar-refractivity contribution in [1.82, 2.24) is 4.90 Å². The first-order valence-corrected chi connectivity index (χ1v) is 10.3. The Bertz CT molecular complexity index is 986. The van der Waals surface area contributed by atoms with Gasteiger partial charge >= 0.3 is 0 Å². The number of nitrogens with zero attached hydrogens (tertiary/aromatic N) is 2. The topological polar surface area (TPSA) is 52.7 Å². The SMILES string of the molecule is CCN1C(=O)C(Nc2ccc(N3CCCC3)cc2)=C(c2ccc(C)c(C)c2)C1=O. The van der Waals surface area contributed by atoms with E-state index in [4.69, 9.17) is 0 Å². The minimum Gasteiger partial charge on any atom is -0.372 e. The number of likely N-dealkylation sites (N-methyl/N-ethyl adjacent to an activating group) is 1. The molecule has 150 valence electrons. The molecule has 5 heteroatoms. The zero-order chi connectivity index (χ0) is 20.5. The molecule has 2 aliphatic heterocycles. The van der Waals surface area contributed by atoms with Gasteiger partial charge in [-0.15, -0.1) is 0 Å². The van der Waals surface area contributed by atoms with Crippen LogP contribution in [0.1, 0.15) is 36.5 Å². The summed E-state index contributed by atoms with van der Waals surface area (Å²) >= 11 is 0. The zero-order valence-electron chi connectivity index (χ0n) is 17.3. The molecule has 0 spiro atoms. The van der Waals surface area contributed by atoms with Gasteiger partial charge in [0.2, 0.25) is 0 Å². The number of hydrogen-bond donors (Lipinski definition) is 1. The molecule has 1 N–H and O–H groups in total. The minimum atomic E-state index is -0.269. The molecule has 2 aliphatic rings. The number of aryl methyl sites for hydroxylation is 2. The number of nitrogens with one attached hydrogen (secondary N) is 1. The summed E-state index contributed by atoms with van der Waals surface area (Å²) in [5.74, 6) is -0.508. The fourth-order valence-electron chi connectivity index (χ4n) is 4.02. The van der Waals surface area contributed by atoms with Gasteiger partial charge in [-0.1, -0.05) is 18.2 Å². The van der Waals surface area contributed by atoms with Crippen LogP contribution in [0.3, 0.4) is 0 Å². The van der Waals surface area contributed by atoms with Crippen molar-refractivity contribution < 1.29 is 9.59 Å². The Morgan fingerprint density at radius 2 is 1.59 bits per heavy atom. The highest BCUT2D eigenvalue weighted by Gasteiger charge is 2.38. The van der Waals surface area contributed by atoms with Gasteiger partial charge in [0, 0.05) is 31.0 Å². The maximum absolute atomic E-state index is 13.0. The van der Waals surface area contributed by atoms with Gasteiger partial charge in [0.15, 0.2) is 0 Å². The van der Waals surface area contributed by atoms with Crippen molar-refractivity contribution in [3.05, 3.63) is 64.9 Å². The van der Waals surface area contributed by atoms with E-state index in [1.165, 1.54) is 23.4 Å². The number of imide groups is 1. The first kappa shape index (κ1) is 19.2. The summed E-state index contributed by atoms with van der Waals surface area (Å²) in [4.78, 5) is 29.6. The molecule has 2 aromatic rings. The number of carbonyl (C=O) groups excluding carboxylic acids is 2. The van der Waals surface area contributed by atoms with Crippen LogP contribution in [0.5, 0.6) is 0 Å². The summed E-state index contributed by atoms with van der Waals surface area (Å²) < 4.78 is 0. The molecule has 2 heterocycles. The molecule has 0 bridgehead atoms. The van der Waals surface area contributed by atoms with Gasteiger partial charge < -0.3 is 10.2 Å². The maximum atomic E-state index is 13.0. The Balaban J connectivity index is 1.69. The average molecular weight is 389 g/mol. The van der Waals surface area contributed by atoms with Crippen LogP contribution in [0, 0.1) is 13.8 Å². The van der Waals surface area contributed by atoms with Crippen LogP contribution in [0.15, 0.2) is 48.2 Å². The third-order valence-corrected chi connectivity index (χ3v) is 5.89. The molecule has 2 amide bonds. The fraction of sp³-hybridized carbons (Fsp3) is 0.333. The number of hydrogen-bond acceptors (Lipinski definition) is 4. The van der Waals surface area contributed by atoms with Crippen molar-refractivity contribution in [2.24, 2.45) is 0 Å². The van der Waals surface area contributed by atoms with Gasteiger partial charge in [-0.05, 0) is 74.6 Å². The first-order chi connectivity index (χ1) is 14.0. The Morgan fingerprint density at radius 3 is 2.21 bits per heavy atom. The lowest BCUT2D eigenvalue weighted by Crippen LogP contribution is -2.32. The highest BCUT2D eigenvalue weighted by Crippen LogP contribution is 2.32. The van der Waals surface area contributed by atoms with Crippen molar-refractivity contribution in [3.8, 4) is 0 Å². The summed E-state index contributed by atoms with van der Waals surface area (Å²) in [6, 6.07) is 14.0. The second-order valence-electron chi connectivity index (χ2n) is 7.77. The van der Waals surface area contributed by atoms with Gasteiger partial charge in [-0.3, -0.25) is 14.5 Å². The van der Waals surface area contributed by atoms with E-state index >= 15 is 0 Å². The van der Waals surface area contributed by atoms with Crippen LogP contribution in [-0.2, 0) is 9.59 Å². The third kappa shape index (κ3) is 3.53. The number of rotatable bonds is 5. The Labute approximate surface area is 172 Å². The number of anilines is 2. The van der Waals surface area contributed by atoms with Crippen LogP contribution in [0.4, 0.5) is 11.4 Å². The lowest BCUT2D eigenvalue weighted by molar-refractivity contribution is -0.136. The molecule has 0 aliphatic carbocycles. The van der Waals surface area contributed by atoms with Crippen molar-refractivity contribution in [2.45, 2.75) is 33.6 Å². The monoisotopic (exact) mass is 389 g/mol. The molecule has 5 nitrogen and oxygen atoms in total. The van der Waals surface area contributed by atoms with Crippen LogP contribution >= 0.6 is 0 Å². The predicted octanol–water partition coefficient (Wildman–Crippen LogP) is 4.12. The Kier molecular flexibility index (Phi) is 5.14. The largest absolute Gasteiger partial charge is 0.372 e. The summed E-state index contributed by atoms with van der Waals surface area (Å²) in [6.07, 6.45) is 2.46. The molecule has 0 atom stereocenters. The van der Waals surface area contributed by atoms with Crippen molar-refractivity contribution in [1.29, 1.82) is 0 Å². The van der Waals surface area contributed by atoms with Gasteiger partial charge in [-0.25, -0.2) is 0 Å². The molecule has 0 aromatic heterocycles. The molecule has 1 fully saturated rings. The molecule has 4 rings (SSSR count). The molecule has 29 heavy (non-hydrogen) atoms. The summed E-state index contributed by atoms with van der Waals surface area (Å²) in [5, 5.41) is 3.23. The van der Waals surface area contributed by atoms with Crippen molar-refractivity contribution in [3.63, 3.8) is 0 Å². The molecule has 1 saturated heterocycles. The van der Waals surface area contributed by atoms with Crippen molar-refractivity contribution in [2.75, 3.05) is 29.9 Å². The minimum absolute atomic E-state index is 0.239. The number of carbonyl (C=O) groups is 2.